The molecule has 1 heterocycles. The summed E-state index contributed by atoms with van der Waals surface area (Å²) in [4.78, 5) is 14.5. The van der Waals surface area contributed by atoms with Gasteiger partial charge in [0.1, 0.15) is 0 Å². The molecule has 0 aliphatic rings. The number of rotatable bonds is 2. The molecule has 3 rings (SSSR count). The summed E-state index contributed by atoms with van der Waals surface area (Å²) in [6.45, 7) is 1.93. The van der Waals surface area contributed by atoms with Crippen LogP contribution in [-0.2, 0) is 0 Å². The normalized spacial score (nSPS) is 10.7. The van der Waals surface area contributed by atoms with Crippen LogP contribution in [0.5, 0.6) is 0 Å². The largest absolute Gasteiger partial charge is 0.358 e. The van der Waals surface area contributed by atoms with Crippen LogP contribution in [-0.4, -0.2) is 11.3 Å². The highest BCUT2D eigenvalue weighted by molar-refractivity contribution is 6.06. The first-order valence-electron chi connectivity index (χ1n) is 5.93. The van der Waals surface area contributed by atoms with Crippen molar-refractivity contribution in [3.63, 3.8) is 0 Å². The molecule has 18 heavy (non-hydrogen) atoms. The zero-order valence-electron chi connectivity index (χ0n) is 10.1. The molecule has 88 valence electrons. The molecule has 0 aliphatic carbocycles. The lowest BCUT2D eigenvalue weighted by Crippen LogP contribution is -1.84. The van der Waals surface area contributed by atoms with Crippen LogP contribution in [0.3, 0.4) is 0 Å². The van der Waals surface area contributed by atoms with Gasteiger partial charge in [-0.3, -0.25) is 4.79 Å². The number of carbonyl (C=O) groups is 1. The SMILES string of the molecule is Cc1[nH]c2cccc(-c3ccccc3)c2c1C=O. The number of hydrogen-bond donors (Lipinski definition) is 1. The molecule has 0 aliphatic heterocycles. The lowest BCUT2D eigenvalue weighted by Gasteiger charge is -2.04. The van der Waals surface area contributed by atoms with Crippen molar-refractivity contribution in [3.8, 4) is 11.1 Å². The van der Waals surface area contributed by atoms with E-state index in [9.17, 15) is 4.79 Å². The Bertz CT molecular complexity index is 711. The molecule has 1 aromatic heterocycles. The topological polar surface area (TPSA) is 32.9 Å². The molecule has 0 unspecified atom stereocenters. The van der Waals surface area contributed by atoms with Crippen molar-refractivity contribution in [1.82, 2.24) is 4.98 Å². The first-order valence-corrected chi connectivity index (χ1v) is 5.93. The van der Waals surface area contributed by atoms with Gasteiger partial charge in [0.05, 0.1) is 0 Å². The second-order valence-corrected chi connectivity index (χ2v) is 4.38. The second-order valence-electron chi connectivity index (χ2n) is 4.38. The molecule has 0 fully saturated rings. The van der Waals surface area contributed by atoms with E-state index in [1.807, 2.05) is 37.3 Å². The molecule has 2 aromatic carbocycles. The van der Waals surface area contributed by atoms with Crippen LogP contribution in [0.2, 0.25) is 0 Å². The molecule has 2 nitrogen and oxygen atoms in total. The Hall–Kier alpha value is -2.35. The van der Waals surface area contributed by atoms with Crippen LogP contribution in [0.4, 0.5) is 0 Å². The zero-order valence-corrected chi connectivity index (χ0v) is 10.1. The monoisotopic (exact) mass is 235 g/mol. The summed E-state index contributed by atoms with van der Waals surface area (Å²) >= 11 is 0. The average molecular weight is 235 g/mol. The summed E-state index contributed by atoms with van der Waals surface area (Å²) in [5, 5.41) is 1.01. The molecular formula is C16H13NO. The smallest absolute Gasteiger partial charge is 0.152 e. The maximum atomic E-state index is 11.3. The Labute approximate surface area is 105 Å². The number of nitrogens with one attached hydrogen (secondary N) is 1. The lowest BCUT2D eigenvalue weighted by molar-refractivity contribution is 0.112. The van der Waals surface area contributed by atoms with E-state index in [2.05, 4.69) is 23.2 Å². The summed E-state index contributed by atoms with van der Waals surface area (Å²) in [7, 11) is 0. The van der Waals surface area contributed by atoms with Gasteiger partial charge >= 0.3 is 0 Å². The van der Waals surface area contributed by atoms with Crippen LogP contribution < -0.4 is 0 Å². The van der Waals surface area contributed by atoms with Gasteiger partial charge in [-0.15, -0.1) is 0 Å². The van der Waals surface area contributed by atoms with Crippen molar-refractivity contribution in [1.29, 1.82) is 0 Å². The maximum Gasteiger partial charge on any atom is 0.152 e. The van der Waals surface area contributed by atoms with E-state index in [0.29, 0.717) is 0 Å². The van der Waals surface area contributed by atoms with E-state index >= 15 is 0 Å². The number of aromatic amines is 1. The second kappa shape index (κ2) is 4.15. The Morgan fingerprint density at radius 3 is 2.50 bits per heavy atom. The highest BCUT2D eigenvalue weighted by Crippen LogP contribution is 2.31. The predicted octanol–water partition coefficient (Wildman–Crippen LogP) is 3.96. The van der Waals surface area contributed by atoms with E-state index in [1.54, 1.807) is 0 Å². The summed E-state index contributed by atoms with van der Waals surface area (Å²) in [6, 6.07) is 16.2. The van der Waals surface area contributed by atoms with Crippen LogP contribution in [0.15, 0.2) is 48.5 Å². The lowest BCUT2D eigenvalue weighted by atomic mass is 9.99. The Balaban J connectivity index is 2.40. The van der Waals surface area contributed by atoms with Crippen molar-refractivity contribution in [2.24, 2.45) is 0 Å². The van der Waals surface area contributed by atoms with Crippen molar-refractivity contribution in [2.75, 3.05) is 0 Å². The van der Waals surface area contributed by atoms with E-state index < -0.39 is 0 Å². The molecule has 2 heteroatoms. The third-order valence-electron chi connectivity index (χ3n) is 3.26. The molecule has 0 spiro atoms. The third kappa shape index (κ3) is 1.54. The molecular weight excluding hydrogens is 222 g/mol. The number of fused-ring (bicyclic) bond motifs is 1. The fourth-order valence-electron chi connectivity index (χ4n) is 2.41. The predicted molar refractivity (Wildman–Crippen MR) is 73.9 cm³/mol. The zero-order chi connectivity index (χ0) is 12.5. The number of H-pyrrole nitrogens is 1. The number of aromatic nitrogens is 1. The maximum absolute atomic E-state index is 11.3. The van der Waals surface area contributed by atoms with Gasteiger partial charge in [-0.05, 0) is 24.1 Å². The van der Waals surface area contributed by atoms with Gasteiger partial charge in [0, 0.05) is 22.2 Å². The Morgan fingerprint density at radius 1 is 1.00 bits per heavy atom. The van der Waals surface area contributed by atoms with Crippen LogP contribution >= 0.6 is 0 Å². The van der Waals surface area contributed by atoms with Gasteiger partial charge < -0.3 is 4.98 Å². The van der Waals surface area contributed by atoms with Gasteiger partial charge in [0.2, 0.25) is 0 Å². The number of aldehydes is 1. The highest BCUT2D eigenvalue weighted by Gasteiger charge is 2.12. The average Bonchev–Trinajstić information content (AvgIpc) is 2.74. The minimum absolute atomic E-state index is 0.754. The molecule has 3 aromatic rings. The standard InChI is InChI=1S/C16H13NO/c1-11-14(10-18)16-13(8-5-9-15(16)17-11)12-6-3-2-4-7-12/h2-10,17H,1H3. The molecule has 0 radical (unpaired) electrons. The molecule has 0 amide bonds. The molecule has 0 saturated carbocycles. The van der Waals surface area contributed by atoms with Crippen LogP contribution in [0.25, 0.3) is 22.0 Å². The minimum Gasteiger partial charge on any atom is -0.358 e. The number of carbonyl (C=O) groups excluding carboxylic acids is 1. The van der Waals surface area contributed by atoms with Gasteiger partial charge in [0.25, 0.3) is 0 Å². The fourth-order valence-corrected chi connectivity index (χ4v) is 2.41. The fraction of sp³-hybridized carbons (Fsp3) is 0.0625. The van der Waals surface area contributed by atoms with Crippen molar-refractivity contribution >= 4 is 17.2 Å². The third-order valence-corrected chi connectivity index (χ3v) is 3.26. The Morgan fingerprint density at radius 2 is 1.78 bits per heavy atom. The number of aryl methyl sites for hydroxylation is 1. The number of hydrogen-bond acceptors (Lipinski definition) is 1. The molecule has 0 saturated heterocycles. The molecule has 1 N–H and O–H groups in total. The van der Waals surface area contributed by atoms with Crippen molar-refractivity contribution in [2.45, 2.75) is 6.92 Å². The Kier molecular flexibility index (Phi) is 2.49. The summed E-state index contributed by atoms with van der Waals surface area (Å²) in [6.07, 6.45) is 0.931. The summed E-state index contributed by atoms with van der Waals surface area (Å²) in [5.41, 5.74) is 4.91. The summed E-state index contributed by atoms with van der Waals surface area (Å²) in [5.74, 6) is 0. The number of benzene rings is 2. The molecule has 0 bridgehead atoms. The van der Waals surface area contributed by atoms with Crippen LogP contribution in [0.1, 0.15) is 16.1 Å². The highest BCUT2D eigenvalue weighted by atomic mass is 16.1. The van der Waals surface area contributed by atoms with Crippen molar-refractivity contribution < 1.29 is 4.79 Å². The van der Waals surface area contributed by atoms with Gasteiger partial charge in [0.15, 0.2) is 6.29 Å². The van der Waals surface area contributed by atoms with E-state index in [0.717, 1.165) is 39.6 Å². The molecule has 0 atom stereocenters. The first kappa shape index (κ1) is 10.8. The van der Waals surface area contributed by atoms with E-state index in [4.69, 9.17) is 0 Å². The summed E-state index contributed by atoms with van der Waals surface area (Å²) < 4.78 is 0. The van der Waals surface area contributed by atoms with Crippen LogP contribution in [0, 0.1) is 6.92 Å². The van der Waals surface area contributed by atoms with Gasteiger partial charge in [-0.25, -0.2) is 0 Å². The van der Waals surface area contributed by atoms with E-state index in [1.165, 1.54) is 0 Å². The van der Waals surface area contributed by atoms with Gasteiger partial charge in [-0.2, -0.15) is 0 Å². The quantitative estimate of drug-likeness (QED) is 0.670. The van der Waals surface area contributed by atoms with Gasteiger partial charge in [-0.1, -0.05) is 42.5 Å². The van der Waals surface area contributed by atoms with Crippen molar-refractivity contribution in [3.05, 3.63) is 59.8 Å². The minimum atomic E-state index is 0.754. The first-order chi connectivity index (χ1) is 8.81. The van der Waals surface area contributed by atoms with E-state index in [-0.39, 0.29) is 0 Å².